The van der Waals surface area contributed by atoms with Gasteiger partial charge >= 0.3 is 0 Å². The van der Waals surface area contributed by atoms with Crippen molar-refractivity contribution in [3.8, 4) is 0 Å². The van der Waals surface area contributed by atoms with Gasteiger partial charge in [0.25, 0.3) is 0 Å². The smallest absolute Gasteiger partial charge is 0.176 e. The number of halogens is 2. The van der Waals surface area contributed by atoms with Crippen LogP contribution in [0.1, 0.15) is 10.4 Å². The van der Waals surface area contributed by atoms with E-state index in [9.17, 15) is 13.6 Å². The third kappa shape index (κ3) is 4.44. The van der Waals surface area contributed by atoms with Crippen LogP contribution in [0.3, 0.4) is 0 Å². The van der Waals surface area contributed by atoms with Crippen molar-refractivity contribution in [3.05, 3.63) is 35.4 Å². The molecular formula is C12H15F2NOS. The van der Waals surface area contributed by atoms with E-state index in [1.807, 2.05) is 18.2 Å². The zero-order chi connectivity index (χ0) is 12.8. The maximum Gasteiger partial charge on any atom is 0.176 e. The number of ketones is 1. The molecule has 0 aliphatic rings. The summed E-state index contributed by atoms with van der Waals surface area (Å²) in [5, 5.41) is 0. The minimum atomic E-state index is -0.984. The van der Waals surface area contributed by atoms with Gasteiger partial charge in [-0.15, -0.1) is 0 Å². The lowest BCUT2D eigenvalue weighted by Gasteiger charge is -2.14. The molecule has 1 aromatic rings. The second-order valence-electron chi connectivity index (χ2n) is 3.78. The molecule has 0 heterocycles. The van der Waals surface area contributed by atoms with Crippen molar-refractivity contribution in [2.75, 3.05) is 32.1 Å². The molecule has 5 heteroatoms. The Balaban J connectivity index is 2.60. The molecule has 0 radical (unpaired) electrons. The van der Waals surface area contributed by atoms with Crippen molar-refractivity contribution < 1.29 is 13.6 Å². The molecule has 0 fully saturated rings. The van der Waals surface area contributed by atoms with Crippen LogP contribution in [0, 0.1) is 11.6 Å². The van der Waals surface area contributed by atoms with Crippen LogP contribution in [0.15, 0.2) is 18.2 Å². The monoisotopic (exact) mass is 259 g/mol. The van der Waals surface area contributed by atoms with Crippen molar-refractivity contribution in [1.29, 1.82) is 0 Å². The molecule has 0 aliphatic carbocycles. The maximum atomic E-state index is 12.9. The molecule has 17 heavy (non-hydrogen) atoms. The Labute approximate surface area is 104 Å². The fraction of sp³-hybridized carbons (Fsp3) is 0.417. The van der Waals surface area contributed by atoms with Gasteiger partial charge in [0.1, 0.15) is 0 Å². The van der Waals surface area contributed by atoms with Crippen LogP contribution in [-0.4, -0.2) is 42.8 Å². The van der Waals surface area contributed by atoms with Gasteiger partial charge in [0.2, 0.25) is 0 Å². The number of carbonyl (C=O) groups is 1. The van der Waals surface area contributed by atoms with Gasteiger partial charge < -0.3 is 0 Å². The number of Topliss-reactive ketones (excluding diaryl/α,β-unsaturated/α-hetero) is 1. The lowest BCUT2D eigenvalue weighted by atomic mass is 10.1. The second-order valence-corrected chi connectivity index (χ2v) is 4.77. The van der Waals surface area contributed by atoms with Crippen molar-refractivity contribution >= 4 is 17.5 Å². The summed E-state index contributed by atoms with van der Waals surface area (Å²) >= 11 is 1.69. The van der Waals surface area contributed by atoms with E-state index in [1.165, 1.54) is 6.07 Å². The Morgan fingerprint density at radius 3 is 2.65 bits per heavy atom. The number of hydrogen-bond donors (Lipinski definition) is 0. The number of benzene rings is 1. The average Bonchev–Trinajstić information content (AvgIpc) is 2.30. The highest BCUT2D eigenvalue weighted by Gasteiger charge is 2.11. The zero-order valence-corrected chi connectivity index (χ0v) is 10.7. The van der Waals surface area contributed by atoms with Crippen LogP contribution < -0.4 is 0 Å². The van der Waals surface area contributed by atoms with Crippen LogP contribution >= 0.6 is 11.8 Å². The molecule has 0 spiro atoms. The fourth-order valence-corrected chi connectivity index (χ4v) is 1.83. The number of thioether (sulfide) groups is 1. The molecule has 0 saturated heterocycles. The maximum absolute atomic E-state index is 12.9. The van der Waals surface area contributed by atoms with Gasteiger partial charge in [0.15, 0.2) is 17.4 Å². The van der Waals surface area contributed by atoms with E-state index in [1.54, 1.807) is 11.8 Å². The Morgan fingerprint density at radius 2 is 2.06 bits per heavy atom. The van der Waals surface area contributed by atoms with Crippen molar-refractivity contribution in [2.45, 2.75) is 0 Å². The quantitative estimate of drug-likeness (QED) is 0.732. The summed E-state index contributed by atoms with van der Waals surface area (Å²) in [4.78, 5) is 13.6. The minimum absolute atomic E-state index is 0.201. The van der Waals surface area contributed by atoms with Gasteiger partial charge in [-0.3, -0.25) is 9.69 Å². The minimum Gasteiger partial charge on any atom is -0.298 e. The SMILES string of the molecule is CSCCN(C)CC(=O)c1ccc(F)c(F)c1. The van der Waals surface area contributed by atoms with E-state index in [-0.39, 0.29) is 17.9 Å². The Morgan fingerprint density at radius 1 is 1.35 bits per heavy atom. The Hall–Kier alpha value is -0.940. The van der Waals surface area contributed by atoms with E-state index in [4.69, 9.17) is 0 Å². The molecule has 0 atom stereocenters. The molecular weight excluding hydrogens is 244 g/mol. The van der Waals surface area contributed by atoms with Gasteiger partial charge in [-0.1, -0.05) is 0 Å². The topological polar surface area (TPSA) is 20.3 Å². The largest absolute Gasteiger partial charge is 0.298 e. The van der Waals surface area contributed by atoms with Gasteiger partial charge in [-0.25, -0.2) is 8.78 Å². The Bertz CT molecular complexity index is 398. The standard InChI is InChI=1S/C12H15F2NOS/c1-15(5-6-17-2)8-12(16)9-3-4-10(13)11(14)7-9/h3-4,7H,5-6,8H2,1-2H3. The molecule has 0 aromatic heterocycles. The molecule has 94 valence electrons. The first-order valence-corrected chi connectivity index (χ1v) is 6.59. The number of carbonyl (C=O) groups excluding carboxylic acids is 1. The summed E-state index contributed by atoms with van der Waals surface area (Å²) in [7, 11) is 1.83. The number of nitrogens with zero attached hydrogens (tertiary/aromatic N) is 1. The zero-order valence-electron chi connectivity index (χ0n) is 9.87. The van der Waals surface area contributed by atoms with E-state index in [0.29, 0.717) is 0 Å². The molecule has 2 nitrogen and oxygen atoms in total. The first kappa shape index (κ1) is 14.1. The van der Waals surface area contributed by atoms with E-state index in [0.717, 1.165) is 24.4 Å². The summed E-state index contributed by atoms with van der Waals surface area (Å²) in [6.45, 7) is 1.00. The molecule has 0 N–H and O–H groups in total. The van der Waals surface area contributed by atoms with Crippen LogP contribution in [-0.2, 0) is 0 Å². The van der Waals surface area contributed by atoms with E-state index < -0.39 is 11.6 Å². The highest BCUT2D eigenvalue weighted by molar-refractivity contribution is 7.98. The van der Waals surface area contributed by atoms with Gasteiger partial charge in [0, 0.05) is 17.9 Å². The van der Waals surface area contributed by atoms with Crippen molar-refractivity contribution in [3.63, 3.8) is 0 Å². The summed E-state index contributed by atoms with van der Waals surface area (Å²) in [5.74, 6) is -1.19. The highest BCUT2D eigenvalue weighted by Crippen LogP contribution is 2.09. The molecule has 0 saturated carbocycles. The molecule has 0 bridgehead atoms. The fourth-order valence-electron chi connectivity index (χ4n) is 1.33. The molecule has 1 aromatic carbocycles. The summed E-state index contributed by atoms with van der Waals surface area (Å²) in [5.41, 5.74) is 0.208. The molecule has 1 rings (SSSR count). The highest BCUT2D eigenvalue weighted by atomic mass is 32.2. The third-order valence-corrected chi connectivity index (χ3v) is 2.92. The van der Waals surface area contributed by atoms with Gasteiger partial charge in [-0.2, -0.15) is 11.8 Å². The first-order chi connectivity index (χ1) is 8.04. The Kier molecular flexibility index (Phi) is 5.58. The lowest BCUT2D eigenvalue weighted by molar-refractivity contribution is 0.0949. The predicted molar refractivity (Wildman–Crippen MR) is 66.6 cm³/mol. The molecule has 0 aliphatic heterocycles. The first-order valence-electron chi connectivity index (χ1n) is 5.20. The van der Waals surface area contributed by atoms with Crippen molar-refractivity contribution in [1.82, 2.24) is 4.90 Å². The van der Waals surface area contributed by atoms with Gasteiger partial charge in [-0.05, 0) is 31.5 Å². The summed E-state index contributed by atoms with van der Waals surface area (Å²) in [6, 6.07) is 3.23. The average molecular weight is 259 g/mol. The summed E-state index contributed by atoms with van der Waals surface area (Å²) < 4.78 is 25.6. The van der Waals surface area contributed by atoms with Gasteiger partial charge in [0.05, 0.1) is 6.54 Å². The summed E-state index contributed by atoms with van der Waals surface area (Å²) in [6.07, 6.45) is 1.99. The van der Waals surface area contributed by atoms with Crippen molar-refractivity contribution in [2.24, 2.45) is 0 Å². The van der Waals surface area contributed by atoms with Crippen LogP contribution in [0.4, 0.5) is 8.78 Å². The van der Waals surface area contributed by atoms with E-state index >= 15 is 0 Å². The molecule has 0 unspecified atom stereocenters. The third-order valence-electron chi connectivity index (χ3n) is 2.33. The number of hydrogen-bond acceptors (Lipinski definition) is 3. The predicted octanol–water partition coefficient (Wildman–Crippen LogP) is 2.44. The second kappa shape index (κ2) is 6.71. The van der Waals surface area contributed by atoms with Crippen LogP contribution in [0.5, 0.6) is 0 Å². The lowest BCUT2D eigenvalue weighted by Crippen LogP contribution is -2.28. The number of likely N-dealkylation sites (N-methyl/N-ethyl adjacent to an activating group) is 1. The normalized spacial score (nSPS) is 10.9. The molecule has 0 amide bonds. The van der Waals surface area contributed by atoms with E-state index in [2.05, 4.69) is 0 Å². The van der Waals surface area contributed by atoms with Crippen LogP contribution in [0.25, 0.3) is 0 Å². The number of rotatable bonds is 6. The van der Waals surface area contributed by atoms with Crippen LogP contribution in [0.2, 0.25) is 0 Å².